The Morgan fingerprint density at radius 1 is 0.323 bits per heavy atom. The number of hydrogen-bond acceptors (Lipinski definition) is 2. The van der Waals surface area contributed by atoms with Gasteiger partial charge in [-0.1, -0.05) is 194 Å². The zero-order chi connectivity index (χ0) is 42.9. The van der Waals surface area contributed by atoms with Crippen LogP contribution in [0.3, 0.4) is 0 Å². The Balaban J connectivity index is 1.13. The summed E-state index contributed by atoms with van der Waals surface area (Å²) in [4.78, 5) is 2.46. The monoisotopic (exact) mass is 827 g/mol. The van der Waals surface area contributed by atoms with Crippen molar-refractivity contribution in [3.63, 3.8) is 0 Å². The Morgan fingerprint density at radius 3 is 1.63 bits per heavy atom. The molecule has 0 fully saturated rings. The predicted octanol–water partition coefficient (Wildman–Crippen LogP) is 17.1. The van der Waals surface area contributed by atoms with Crippen molar-refractivity contribution >= 4 is 60.5 Å². The van der Waals surface area contributed by atoms with Gasteiger partial charge in [0.25, 0.3) is 0 Å². The first-order chi connectivity index (χ1) is 32.2. The van der Waals surface area contributed by atoms with E-state index < -0.39 is 5.41 Å². The Kier molecular flexibility index (Phi) is 8.47. The van der Waals surface area contributed by atoms with Crippen molar-refractivity contribution in [3.8, 4) is 33.4 Å². The lowest BCUT2D eigenvalue weighted by Gasteiger charge is -2.35. The van der Waals surface area contributed by atoms with Gasteiger partial charge in [0, 0.05) is 33.8 Å². The quantitative estimate of drug-likeness (QED) is 0.159. The molecule has 11 aromatic carbocycles. The van der Waals surface area contributed by atoms with Crippen LogP contribution in [-0.4, -0.2) is 0 Å². The molecular formula is C63H41NO. The highest BCUT2D eigenvalue weighted by atomic mass is 16.3. The largest absolute Gasteiger partial charge is 0.456 e. The minimum atomic E-state index is -0.563. The molecule has 0 saturated carbocycles. The van der Waals surface area contributed by atoms with E-state index in [-0.39, 0.29) is 0 Å². The molecule has 304 valence electrons. The Bertz CT molecular complexity index is 3750. The summed E-state index contributed by atoms with van der Waals surface area (Å²) in [7, 11) is 0. The lowest BCUT2D eigenvalue weighted by Crippen LogP contribution is -2.28. The van der Waals surface area contributed by atoms with E-state index in [2.05, 4.69) is 248 Å². The molecule has 1 aliphatic carbocycles. The molecule has 0 aliphatic heterocycles. The number of anilines is 3. The fraction of sp³-hybridized carbons (Fsp3) is 0.0159. The minimum Gasteiger partial charge on any atom is -0.456 e. The van der Waals surface area contributed by atoms with Crippen LogP contribution in [0.5, 0.6) is 0 Å². The van der Waals surface area contributed by atoms with Gasteiger partial charge in [0.15, 0.2) is 0 Å². The molecule has 65 heavy (non-hydrogen) atoms. The average Bonchev–Trinajstić information content (AvgIpc) is 3.90. The van der Waals surface area contributed by atoms with E-state index in [1.54, 1.807) is 0 Å². The number of furan rings is 1. The third-order valence-corrected chi connectivity index (χ3v) is 13.7. The summed E-state index contributed by atoms with van der Waals surface area (Å²) < 4.78 is 6.65. The molecule has 0 saturated heterocycles. The van der Waals surface area contributed by atoms with Crippen LogP contribution in [0, 0.1) is 0 Å². The zero-order valence-corrected chi connectivity index (χ0v) is 35.5. The fourth-order valence-corrected chi connectivity index (χ4v) is 10.8. The van der Waals surface area contributed by atoms with Crippen molar-refractivity contribution in [1.29, 1.82) is 0 Å². The molecule has 12 aromatic rings. The molecule has 0 amide bonds. The molecule has 13 rings (SSSR count). The van der Waals surface area contributed by atoms with Crippen LogP contribution in [0.2, 0.25) is 0 Å². The van der Waals surface area contributed by atoms with Crippen LogP contribution in [0.4, 0.5) is 17.1 Å². The van der Waals surface area contributed by atoms with Gasteiger partial charge < -0.3 is 9.32 Å². The van der Waals surface area contributed by atoms with Crippen molar-refractivity contribution < 1.29 is 4.42 Å². The van der Waals surface area contributed by atoms with Gasteiger partial charge in [0.05, 0.1) is 11.1 Å². The fourth-order valence-electron chi connectivity index (χ4n) is 10.8. The third-order valence-electron chi connectivity index (χ3n) is 13.7. The second-order valence-corrected chi connectivity index (χ2v) is 17.2. The molecular weight excluding hydrogens is 787 g/mol. The molecule has 0 N–H and O–H groups in total. The number of fused-ring (bicyclic) bond motifs is 8. The maximum Gasteiger partial charge on any atom is 0.137 e. The average molecular weight is 828 g/mol. The molecule has 1 aliphatic rings. The molecule has 2 heteroatoms. The predicted molar refractivity (Wildman–Crippen MR) is 272 cm³/mol. The number of rotatable bonds is 7. The van der Waals surface area contributed by atoms with Crippen LogP contribution in [0.25, 0.3) is 76.9 Å². The summed E-state index contributed by atoms with van der Waals surface area (Å²) in [6.07, 6.45) is 0. The second kappa shape index (κ2) is 14.8. The van der Waals surface area contributed by atoms with E-state index in [0.717, 1.165) is 61.3 Å². The summed E-state index contributed by atoms with van der Waals surface area (Å²) in [6.45, 7) is 0. The van der Waals surface area contributed by atoms with Crippen molar-refractivity contribution in [2.75, 3.05) is 4.90 Å². The molecule has 0 radical (unpaired) electrons. The number of nitrogens with zero attached hydrogens (tertiary/aromatic N) is 1. The highest BCUT2D eigenvalue weighted by Gasteiger charge is 2.46. The molecule has 2 nitrogen and oxygen atoms in total. The van der Waals surface area contributed by atoms with Gasteiger partial charge in [-0.2, -0.15) is 0 Å². The molecule has 1 aromatic heterocycles. The maximum atomic E-state index is 6.65. The standard InChI is InChI=1S/C63H41NO/c1-3-20-48(21-4-1)63(49-22-5-2-6-23-49)57-27-13-11-24-53(57)54-36-34-50(40-58(54)63)64(51-35-37-56-55-25-12-14-29-60(55)65-61(56)41-51)59-28-15-26-52(46-32-30-42-16-7-9-18-44(42)38-46)62(59)47-33-31-43-17-8-10-19-45(43)39-47/h1-41H. The summed E-state index contributed by atoms with van der Waals surface area (Å²) in [5.41, 5.74) is 16.4. The number of benzene rings is 11. The molecule has 0 bridgehead atoms. The first-order valence-corrected chi connectivity index (χ1v) is 22.4. The Morgan fingerprint density at radius 2 is 0.877 bits per heavy atom. The number of para-hydroxylation sites is 1. The van der Waals surface area contributed by atoms with E-state index in [9.17, 15) is 0 Å². The normalized spacial score (nSPS) is 12.7. The van der Waals surface area contributed by atoms with Crippen molar-refractivity contribution in [2.45, 2.75) is 5.41 Å². The third kappa shape index (κ3) is 5.81. The highest BCUT2D eigenvalue weighted by molar-refractivity contribution is 6.07. The minimum absolute atomic E-state index is 0.563. The Labute approximate surface area is 377 Å². The molecule has 0 unspecified atom stereocenters. The van der Waals surface area contributed by atoms with Crippen LogP contribution < -0.4 is 4.90 Å². The van der Waals surface area contributed by atoms with E-state index in [1.807, 2.05) is 6.07 Å². The smallest absolute Gasteiger partial charge is 0.137 e. The topological polar surface area (TPSA) is 16.4 Å². The maximum absolute atomic E-state index is 6.65. The molecule has 0 atom stereocenters. The van der Waals surface area contributed by atoms with Crippen LogP contribution in [-0.2, 0) is 5.41 Å². The first kappa shape index (κ1) is 37.1. The van der Waals surface area contributed by atoms with Crippen LogP contribution >= 0.6 is 0 Å². The summed E-state index contributed by atoms with van der Waals surface area (Å²) >= 11 is 0. The lowest BCUT2D eigenvalue weighted by molar-refractivity contribution is 0.669. The van der Waals surface area contributed by atoms with E-state index >= 15 is 0 Å². The van der Waals surface area contributed by atoms with Gasteiger partial charge >= 0.3 is 0 Å². The van der Waals surface area contributed by atoms with E-state index in [1.165, 1.54) is 54.9 Å². The summed E-state index contributed by atoms with van der Waals surface area (Å²) in [5.74, 6) is 0. The summed E-state index contributed by atoms with van der Waals surface area (Å²) in [6, 6.07) is 91.1. The van der Waals surface area contributed by atoms with Crippen LogP contribution in [0.1, 0.15) is 22.3 Å². The van der Waals surface area contributed by atoms with Crippen molar-refractivity contribution in [2.24, 2.45) is 0 Å². The molecule has 1 heterocycles. The van der Waals surface area contributed by atoms with Gasteiger partial charge in [-0.15, -0.1) is 0 Å². The van der Waals surface area contributed by atoms with Crippen molar-refractivity contribution in [1.82, 2.24) is 0 Å². The van der Waals surface area contributed by atoms with E-state index in [0.29, 0.717) is 0 Å². The summed E-state index contributed by atoms with van der Waals surface area (Å²) in [5, 5.41) is 7.06. The molecule has 0 spiro atoms. The number of hydrogen-bond donors (Lipinski definition) is 0. The van der Waals surface area contributed by atoms with Gasteiger partial charge in [-0.05, 0) is 120 Å². The second-order valence-electron chi connectivity index (χ2n) is 17.2. The zero-order valence-electron chi connectivity index (χ0n) is 35.5. The first-order valence-electron chi connectivity index (χ1n) is 22.4. The van der Waals surface area contributed by atoms with Gasteiger partial charge in [0.2, 0.25) is 0 Å². The highest BCUT2D eigenvalue weighted by Crippen LogP contribution is 2.58. The van der Waals surface area contributed by atoms with Gasteiger partial charge in [0.1, 0.15) is 11.2 Å². The Hall–Kier alpha value is -8.46. The van der Waals surface area contributed by atoms with E-state index in [4.69, 9.17) is 4.42 Å². The van der Waals surface area contributed by atoms with Gasteiger partial charge in [-0.25, -0.2) is 0 Å². The lowest BCUT2D eigenvalue weighted by atomic mass is 9.67. The SMILES string of the molecule is c1ccc(C2(c3ccccc3)c3ccccc3-c3ccc(N(c4ccc5c(c4)oc4ccccc45)c4cccc(-c5ccc6ccccc6c5)c4-c4ccc5ccccc5c4)cc32)cc1. The van der Waals surface area contributed by atoms with Gasteiger partial charge in [-0.3, -0.25) is 0 Å². The van der Waals surface area contributed by atoms with Crippen LogP contribution in [0.15, 0.2) is 253 Å². The van der Waals surface area contributed by atoms with Crippen molar-refractivity contribution in [3.05, 3.63) is 271 Å².